The Balaban J connectivity index is 1.50. The van der Waals surface area contributed by atoms with Crippen LogP contribution in [0.4, 0.5) is 0 Å². The van der Waals surface area contributed by atoms with Gasteiger partial charge in [-0.25, -0.2) is 0 Å². The van der Waals surface area contributed by atoms with E-state index in [0.29, 0.717) is 5.92 Å². The SMILES string of the molecule is CCc1ccc(C(C)NC(=O)C(=O)NC(C)C2CC3CCC2C3)cc1. The van der Waals surface area contributed by atoms with Crippen molar-refractivity contribution in [2.24, 2.45) is 17.8 Å². The Morgan fingerprint density at radius 3 is 2.28 bits per heavy atom. The Kier molecular flexibility index (Phi) is 5.45. The largest absolute Gasteiger partial charge is 0.345 e. The Morgan fingerprint density at radius 1 is 1.04 bits per heavy atom. The van der Waals surface area contributed by atoms with Gasteiger partial charge >= 0.3 is 11.8 Å². The molecule has 0 saturated heterocycles. The van der Waals surface area contributed by atoms with Gasteiger partial charge in [0.05, 0.1) is 6.04 Å². The summed E-state index contributed by atoms with van der Waals surface area (Å²) in [4.78, 5) is 24.5. The van der Waals surface area contributed by atoms with Crippen LogP contribution in [0.3, 0.4) is 0 Å². The maximum Gasteiger partial charge on any atom is 0.309 e. The van der Waals surface area contributed by atoms with Gasteiger partial charge in [-0.2, -0.15) is 0 Å². The van der Waals surface area contributed by atoms with Gasteiger partial charge in [-0.05, 0) is 68.4 Å². The fraction of sp³-hybridized carbons (Fsp3) is 0.619. The van der Waals surface area contributed by atoms with Crippen molar-refractivity contribution >= 4 is 11.8 Å². The van der Waals surface area contributed by atoms with Crippen LogP contribution in [0, 0.1) is 17.8 Å². The number of hydrogen-bond donors (Lipinski definition) is 2. The van der Waals surface area contributed by atoms with Gasteiger partial charge in [0.2, 0.25) is 0 Å². The van der Waals surface area contributed by atoms with E-state index < -0.39 is 11.8 Å². The summed E-state index contributed by atoms with van der Waals surface area (Å²) in [7, 11) is 0. The summed E-state index contributed by atoms with van der Waals surface area (Å²) in [5.41, 5.74) is 2.28. The number of fused-ring (bicyclic) bond motifs is 2. The van der Waals surface area contributed by atoms with Gasteiger partial charge in [-0.15, -0.1) is 0 Å². The Labute approximate surface area is 150 Å². The van der Waals surface area contributed by atoms with Crippen LogP contribution >= 0.6 is 0 Å². The monoisotopic (exact) mass is 342 g/mol. The number of amides is 2. The molecule has 5 unspecified atom stereocenters. The van der Waals surface area contributed by atoms with Crippen molar-refractivity contribution in [2.45, 2.75) is 65.0 Å². The number of rotatable bonds is 5. The number of carbonyl (C=O) groups excluding carboxylic acids is 2. The minimum absolute atomic E-state index is 0.0766. The van der Waals surface area contributed by atoms with E-state index >= 15 is 0 Å². The fourth-order valence-corrected chi connectivity index (χ4v) is 4.67. The van der Waals surface area contributed by atoms with Crippen LogP contribution in [0.5, 0.6) is 0 Å². The van der Waals surface area contributed by atoms with Crippen molar-refractivity contribution in [3.63, 3.8) is 0 Å². The number of hydrogen-bond acceptors (Lipinski definition) is 2. The molecule has 0 spiro atoms. The van der Waals surface area contributed by atoms with E-state index in [1.165, 1.54) is 31.2 Å². The summed E-state index contributed by atoms with van der Waals surface area (Å²) in [5, 5.41) is 5.74. The second-order valence-electron chi connectivity index (χ2n) is 7.89. The highest BCUT2D eigenvalue weighted by Crippen LogP contribution is 2.49. The topological polar surface area (TPSA) is 58.2 Å². The molecule has 4 nitrogen and oxygen atoms in total. The molecule has 5 atom stereocenters. The predicted octanol–water partition coefficient (Wildman–Crippen LogP) is 3.37. The molecule has 2 N–H and O–H groups in total. The molecule has 2 aliphatic carbocycles. The molecule has 1 aromatic carbocycles. The smallest absolute Gasteiger partial charge is 0.309 e. The van der Waals surface area contributed by atoms with E-state index in [0.717, 1.165) is 23.8 Å². The van der Waals surface area contributed by atoms with E-state index in [9.17, 15) is 9.59 Å². The number of carbonyl (C=O) groups is 2. The van der Waals surface area contributed by atoms with Crippen LogP contribution in [-0.2, 0) is 16.0 Å². The first-order chi connectivity index (χ1) is 12.0. The molecule has 0 heterocycles. The van der Waals surface area contributed by atoms with Crippen molar-refractivity contribution in [1.82, 2.24) is 10.6 Å². The minimum Gasteiger partial charge on any atom is -0.345 e. The van der Waals surface area contributed by atoms with Gasteiger partial charge in [0.15, 0.2) is 0 Å². The maximum absolute atomic E-state index is 12.3. The van der Waals surface area contributed by atoms with Gasteiger partial charge in [0.1, 0.15) is 0 Å². The summed E-state index contributed by atoms with van der Waals surface area (Å²) >= 11 is 0. The molecule has 25 heavy (non-hydrogen) atoms. The Hall–Kier alpha value is -1.84. The second kappa shape index (κ2) is 7.59. The van der Waals surface area contributed by atoms with Gasteiger partial charge in [0, 0.05) is 6.04 Å². The summed E-state index contributed by atoms with van der Waals surface area (Å²) in [5.74, 6) is 1.07. The minimum atomic E-state index is -0.540. The molecule has 2 saturated carbocycles. The molecule has 136 valence electrons. The summed E-state index contributed by atoms with van der Waals surface area (Å²) in [6.07, 6.45) is 6.13. The van der Waals surface area contributed by atoms with Crippen molar-refractivity contribution in [2.75, 3.05) is 0 Å². The Bertz CT molecular complexity index is 625. The van der Waals surface area contributed by atoms with E-state index in [4.69, 9.17) is 0 Å². The van der Waals surface area contributed by atoms with Crippen LogP contribution in [0.15, 0.2) is 24.3 Å². The van der Waals surface area contributed by atoms with Gasteiger partial charge in [-0.1, -0.05) is 37.6 Å². The van der Waals surface area contributed by atoms with E-state index in [1.54, 1.807) is 0 Å². The van der Waals surface area contributed by atoms with Crippen molar-refractivity contribution in [1.29, 1.82) is 0 Å². The van der Waals surface area contributed by atoms with Crippen molar-refractivity contribution in [3.05, 3.63) is 35.4 Å². The zero-order valence-corrected chi connectivity index (χ0v) is 15.5. The lowest BCUT2D eigenvalue weighted by molar-refractivity contribution is -0.140. The quantitative estimate of drug-likeness (QED) is 0.806. The Morgan fingerprint density at radius 2 is 1.72 bits per heavy atom. The first kappa shape index (κ1) is 18.0. The lowest BCUT2D eigenvalue weighted by Crippen LogP contribution is -2.47. The van der Waals surface area contributed by atoms with Crippen LogP contribution in [0.1, 0.15) is 63.6 Å². The molecular formula is C21H30N2O2. The average Bonchev–Trinajstić information content (AvgIpc) is 3.25. The zero-order valence-electron chi connectivity index (χ0n) is 15.5. The summed E-state index contributed by atoms with van der Waals surface area (Å²) in [6.45, 7) is 6.07. The second-order valence-corrected chi connectivity index (χ2v) is 7.89. The number of nitrogens with one attached hydrogen (secondary N) is 2. The zero-order chi connectivity index (χ0) is 18.0. The average molecular weight is 342 g/mol. The molecular weight excluding hydrogens is 312 g/mol. The van der Waals surface area contributed by atoms with E-state index in [-0.39, 0.29) is 12.1 Å². The highest BCUT2D eigenvalue weighted by atomic mass is 16.2. The third kappa shape index (κ3) is 4.05. The molecule has 0 aromatic heterocycles. The number of aryl methyl sites for hydroxylation is 1. The molecule has 2 amide bonds. The van der Waals surface area contributed by atoms with Crippen LogP contribution in [0.25, 0.3) is 0 Å². The molecule has 0 radical (unpaired) electrons. The molecule has 2 bridgehead atoms. The fourth-order valence-electron chi connectivity index (χ4n) is 4.67. The third-order valence-electron chi connectivity index (χ3n) is 6.24. The number of benzene rings is 1. The molecule has 0 aliphatic heterocycles. The molecule has 1 aromatic rings. The third-order valence-corrected chi connectivity index (χ3v) is 6.24. The maximum atomic E-state index is 12.3. The van der Waals surface area contributed by atoms with Crippen molar-refractivity contribution in [3.8, 4) is 0 Å². The van der Waals surface area contributed by atoms with Crippen LogP contribution in [-0.4, -0.2) is 17.9 Å². The molecule has 3 rings (SSSR count). The van der Waals surface area contributed by atoms with Crippen LogP contribution in [0.2, 0.25) is 0 Å². The lowest BCUT2D eigenvalue weighted by Gasteiger charge is -2.28. The normalized spacial score (nSPS) is 26.9. The van der Waals surface area contributed by atoms with Crippen molar-refractivity contribution < 1.29 is 9.59 Å². The van der Waals surface area contributed by atoms with Crippen LogP contribution < -0.4 is 10.6 Å². The highest BCUT2D eigenvalue weighted by molar-refractivity contribution is 6.35. The lowest BCUT2D eigenvalue weighted by atomic mass is 9.84. The first-order valence-electron chi connectivity index (χ1n) is 9.68. The van der Waals surface area contributed by atoms with E-state index in [2.05, 4.69) is 29.7 Å². The first-order valence-corrected chi connectivity index (χ1v) is 9.68. The summed E-state index contributed by atoms with van der Waals surface area (Å²) < 4.78 is 0. The predicted molar refractivity (Wildman–Crippen MR) is 98.9 cm³/mol. The standard InChI is InChI=1S/C21H30N2O2/c1-4-15-5-8-17(9-6-15)13(2)22-20(24)21(25)23-14(3)19-12-16-7-10-18(19)11-16/h5-6,8-9,13-14,16,18-19H,4,7,10-12H2,1-3H3,(H,22,24)(H,23,25). The van der Waals surface area contributed by atoms with Gasteiger partial charge in [-0.3, -0.25) is 9.59 Å². The van der Waals surface area contributed by atoms with Gasteiger partial charge < -0.3 is 10.6 Å². The highest BCUT2D eigenvalue weighted by Gasteiger charge is 2.42. The van der Waals surface area contributed by atoms with Gasteiger partial charge in [0.25, 0.3) is 0 Å². The molecule has 2 fully saturated rings. The summed E-state index contributed by atoms with van der Waals surface area (Å²) in [6, 6.07) is 8.05. The molecule has 4 heteroatoms. The van der Waals surface area contributed by atoms with E-state index in [1.807, 2.05) is 26.0 Å². The molecule has 2 aliphatic rings.